The van der Waals surface area contributed by atoms with Crippen molar-refractivity contribution in [1.82, 2.24) is 15.1 Å². The maximum absolute atomic E-state index is 12.0. The van der Waals surface area contributed by atoms with Gasteiger partial charge in [-0.15, -0.1) is 10.2 Å². The number of aromatic nitrogens is 2. The molecule has 0 unspecified atom stereocenters. The van der Waals surface area contributed by atoms with Crippen molar-refractivity contribution in [2.24, 2.45) is 5.92 Å². The van der Waals surface area contributed by atoms with E-state index < -0.39 is 0 Å². The summed E-state index contributed by atoms with van der Waals surface area (Å²) < 4.78 is 0. The van der Waals surface area contributed by atoms with Crippen LogP contribution in [0.2, 0.25) is 0 Å². The molecule has 0 saturated heterocycles. The molecule has 0 radical (unpaired) electrons. The number of carbonyl (C=O) groups is 1. The lowest BCUT2D eigenvalue weighted by molar-refractivity contribution is 0.0759. The highest BCUT2D eigenvalue weighted by Crippen LogP contribution is 2.24. The third-order valence-electron chi connectivity index (χ3n) is 3.23. The number of nitrogens with zero attached hydrogens (tertiary/aromatic N) is 3. The first-order chi connectivity index (χ1) is 8.16. The first-order valence-electron chi connectivity index (χ1n) is 6.01. The number of hydrogen-bond acceptors (Lipinski definition) is 5. The van der Waals surface area contributed by atoms with Crippen molar-refractivity contribution in [2.75, 3.05) is 19.3 Å². The van der Waals surface area contributed by atoms with Crippen LogP contribution < -0.4 is 5.73 Å². The van der Waals surface area contributed by atoms with Crippen LogP contribution in [0.3, 0.4) is 0 Å². The van der Waals surface area contributed by atoms with Crippen molar-refractivity contribution in [2.45, 2.75) is 32.1 Å². The van der Waals surface area contributed by atoms with E-state index in [2.05, 4.69) is 10.2 Å². The number of carbonyl (C=O) groups excluding carboxylic acids is 1. The normalized spacial score (nSPS) is 17.0. The summed E-state index contributed by atoms with van der Waals surface area (Å²) in [5.74, 6) is 0.577. The molecule has 94 valence electrons. The molecule has 0 bridgehead atoms. The molecule has 6 heteroatoms. The number of amides is 1. The zero-order valence-electron chi connectivity index (χ0n) is 10.1. The molecule has 1 saturated carbocycles. The Kier molecular flexibility index (Phi) is 3.93. The summed E-state index contributed by atoms with van der Waals surface area (Å²) in [6.45, 7) is 0.818. The Morgan fingerprint density at radius 3 is 2.71 bits per heavy atom. The average Bonchev–Trinajstić information content (AvgIpc) is 2.76. The van der Waals surface area contributed by atoms with E-state index in [0.717, 1.165) is 17.9 Å². The molecular weight excluding hydrogens is 236 g/mol. The fourth-order valence-electron chi connectivity index (χ4n) is 2.32. The van der Waals surface area contributed by atoms with Crippen LogP contribution in [0.15, 0.2) is 0 Å². The minimum Gasteiger partial charge on any atom is -0.374 e. The standard InChI is InChI=1S/C11H18N4OS/c1-15(7-8-5-3-2-4-6-8)10(16)9-13-14-11(12)17-9/h8H,2-7H2,1H3,(H2,12,14). The molecule has 17 heavy (non-hydrogen) atoms. The van der Waals surface area contributed by atoms with Gasteiger partial charge in [-0.2, -0.15) is 0 Å². The Labute approximate surface area is 105 Å². The van der Waals surface area contributed by atoms with Gasteiger partial charge in [-0.3, -0.25) is 4.79 Å². The number of nitrogen functional groups attached to an aromatic ring is 1. The molecule has 1 fully saturated rings. The predicted octanol–water partition coefficient (Wildman–Crippen LogP) is 1.77. The molecule has 0 aliphatic heterocycles. The molecular formula is C11H18N4OS. The molecule has 1 heterocycles. The van der Waals surface area contributed by atoms with Crippen molar-refractivity contribution >= 4 is 22.4 Å². The van der Waals surface area contributed by atoms with Gasteiger partial charge in [-0.25, -0.2) is 0 Å². The van der Waals surface area contributed by atoms with Crippen LogP contribution in [0.1, 0.15) is 41.9 Å². The quantitative estimate of drug-likeness (QED) is 0.892. The summed E-state index contributed by atoms with van der Waals surface area (Å²) in [5, 5.41) is 8.18. The highest BCUT2D eigenvalue weighted by Gasteiger charge is 2.21. The third kappa shape index (κ3) is 3.15. The summed E-state index contributed by atoms with van der Waals surface area (Å²) in [5.41, 5.74) is 5.47. The highest BCUT2D eigenvalue weighted by atomic mass is 32.1. The largest absolute Gasteiger partial charge is 0.374 e. The maximum Gasteiger partial charge on any atom is 0.284 e. The number of rotatable bonds is 3. The molecule has 2 N–H and O–H groups in total. The Bertz CT molecular complexity index is 387. The molecule has 1 aromatic rings. The van der Waals surface area contributed by atoms with E-state index in [9.17, 15) is 4.79 Å². The van der Waals surface area contributed by atoms with Gasteiger partial charge in [0.05, 0.1) is 0 Å². The van der Waals surface area contributed by atoms with Gasteiger partial charge in [0.2, 0.25) is 10.1 Å². The van der Waals surface area contributed by atoms with Crippen molar-refractivity contribution in [3.8, 4) is 0 Å². The van der Waals surface area contributed by atoms with Crippen molar-refractivity contribution < 1.29 is 4.79 Å². The molecule has 0 aromatic carbocycles. The number of nitrogens with two attached hydrogens (primary N) is 1. The van der Waals surface area contributed by atoms with E-state index in [4.69, 9.17) is 5.73 Å². The van der Waals surface area contributed by atoms with Gasteiger partial charge >= 0.3 is 0 Å². The van der Waals surface area contributed by atoms with Crippen LogP contribution in [0, 0.1) is 5.92 Å². The smallest absolute Gasteiger partial charge is 0.284 e. The topological polar surface area (TPSA) is 72.1 Å². The molecule has 2 rings (SSSR count). The molecule has 0 atom stereocenters. The Morgan fingerprint density at radius 1 is 1.41 bits per heavy atom. The Morgan fingerprint density at radius 2 is 2.12 bits per heavy atom. The summed E-state index contributed by atoms with van der Waals surface area (Å²) in [6, 6.07) is 0. The van der Waals surface area contributed by atoms with Crippen molar-refractivity contribution in [3.05, 3.63) is 5.01 Å². The lowest BCUT2D eigenvalue weighted by Crippen LogP contribution is -2.32. The van der Waals surface area contributed by atoms with Crippen molar-refractivity contribution in [1.29, 1.82) is 0 Å². The third-order valence-corrected chi connectivity index (χ3v) is 3.97. The van der Waals surface area contributed by atoms with Crippen LogP contribution in [-0.2, 0) is 0 Å². The van der Waals surface area contributed by atoms with E-state index in [-0.39, 0.29) is 5.91 Å². The Balaban J connectivity index is 1.90. The Hall–Kier alpha value is -1.17. The second kappa shape index (κ2) is 5.44. The molecule has 1 aliphatic rings. The second-order valence-corrected chi connectivity index (χ2v) is 5.64. The lowest BCUT2D eigenvalue weighted by atomic mass is 9.89. The van der Waals surface area contributed by atoms with Gasteiger partial charge in [0.25, 0.3) is 5.91 Å². The SMILES string of the molecule is CN(CC1CCCCC1)C(=O)c1nnc(N)s1. The van der Waals surface area contributed by atoms with Crippen LogP contribution in [0.25, 0.3) is 0 Å². The zero-order chi connectivity index (χ0) is 12.3. The van der Waals surface area contributed by atoms with Crippen LogP contribution in [0.5, 0.6) is 0 Å². The monoisotopic (exact) mass is 254 g/mol. The first-order valence-corrected chi connectivity index (χ1v) is 6.83. The molecule has 1 amide bonds. The lowest BCUT2D eigenvalue weighted by Gasteiger charge is -2.26. The zero-order valence-corrected chi connectivity index (χ0v) is 10.9. The minimum atomic E-state index is -0.0650. The summed E-state index contributed by atoms with van der Waals surface area (Å²) in [6.07, 6.45) is 6.38. The van der Waals surface area contributed by atoms with Gasteiger partial charge in [0, 0.05) is 13.6 Å². The predicted molar refractivity (Wildman–Crippen MR) is 67.9 cm³/mol. The first kappa shape index (κ1) is 12.3. The number of hydrogen-bond donors (Lipinski definition) is 1. The molecule has 1 aromatic heterocycles. The van der Waals surface area contributed by atoms with Crippen molar-refractivity contribution in [3.63, 3.8) is 0 Å². The summed E-state index contributed by atoms with van der Waals surface area (Å²) >= 11 is 1.15. The molecule has 1 aliphatic carbocycles. The van der Waals surface area contributed by atoms with Gasteiger partial charge in [0.1, 0.15) is 0 Å². The number of anilines is 1. The van der Waals surface area contributed by atoms with Gasteiger partial charge in [-0.1, -0.05) is 30.6 Å². The van der Waals surface area contributed by atoms with Gasteiger partial charge in [0.15, 0.2) is 0 Å². The highest BCUT2D eigenvalue weighted by molar-refractivity contribution is 7.16. The molecule has 5 nitrogen and oxygen atoms in total. The summed E-state index contributed by atoms with van der Waals surface area (Å²) in [4.78, 5) is 13.8. The van der Waals surface area contributed by atoms with E-state index in [0.29, 0.717) is 16.1 Å². The maximum atomic E-state index is 12.0. The van der Waals surface area contributed by atoms with E-state index in [1.165, 1.54) is 32.1 Å². The van der Waals surface area contributed by atoms with Crippen LogP contribution in [-0.4, -0.2) is 34.6 Å². The van der Waals surface area contributed by atoms with Crippen LogP contribution in [0.4, 0.5) is 5.13 Å². The summed E-state index contributed by atoms with van der Waals surface area (Å²) in [7, 11) is 1.83. The fourth-order valence-corrected chi connectivity index (χ4v) is 2.93. The second-order valence-electron chi connectivity index (χ2n) is 4.64. The van der Waals surface area contributed by atoms with Crippen LogP contribution >= 0.6 is 11.3 Å². The van der Waals surface area contributed by atoms with E-state index >= 15 is 0 Å². The van der Waals surface area contributed by atoms with Gasteiger partial charge < -0.3 is 10.6 Å². The van der Waals surface area contributed by atoms with Gasteiger partial charge in [-0.05, 0) is 18.8 Å². The fraction of sp³-hybridized carbons (Fsp3) is 0.727. The van der Waals surface area contributed by atoms with E-state index in [1.54, 1.807) is 4.90 Å². The average molecular weight is 254 g/mol. The molecule has 0 spiro atoms. The van der Waals surface area contributed by atoms with E-state index in [1.807, 2.05) is 7.05 Å². The minimum absolute atomic E-state index is 0.0650.